The van der Waals surface area contributed by atoms with Gasteiger partial charge in [0, 0.05) is 11.4 Å². The van der Waals surface area contributed by atoms with Crippen LogP contribution in [-0.4, -0.2) is 29.9 Å². The van der Waals surface area contributed by atoms with Gasteiger partial charge in [-0.2, -0.15) is 0 Å². The molecule has 0 saturated carbocycles. The van der Waals surface area contributed by atoms with E-state index in [0.717, 1.165) is 18.4 Å². The first kappa shape index (κ1) is 15.8. The average Bonchev–Trinajstić information content (AvgIpc) is 2.50. The van der Waals surface area contributed by atoms with Crippen LogP contribution in [0.4, 0.5) is 0 Å². The fourth-order valence-electron chi connectivity index (χ4n) is 2.90. The number of esters is 1. The summed E-state index contributed by atoms with van der Waals surface area (Å²) in [6.45, 7) is 1.89. The second-order valence-corrected chi connectivity index (χ2v) is 5.64. The minimum absolute atomic E-state index is 0.0125. The fourth-order valence-corrected chi connectivity index (χ4v) is 3.03. The molecule has 0 aliphatic carbocycles. The number of methoxy groups -OCH3 is 1. The molecular weight excluding hydrogens is 290 g/mol. The summed E-state index contributed by atoms with van der Waals surface area (Å²) < 4.78 is 4.85. The number of rotatable bonds is 4. The van der Waals surface area contributed by atoms with Crippen molar-refractivity contribution >= 4 is 23.5 Å². The molecule has 1 aromatic rings. The number of hydrogen-bond acceptors (Lipinski definition) is 3. The Morgan fingerprint density at radius 1 is 1.43 bits per heavy atom. The van der Waals surface area contributed by atoms with E-state index in [-0.39, 0.29) is 17.9 Å². The lowest BCUT2D eigenvalue weighted by Crippen LogP contribution is -2.49. The minimum Gasteiger partial charge on any atom is -0.467 e. The highest BCUT2D eigenvalue weighted by molar-refractivity contribution is 6.30. The highest BCUT2D eigenvalue weighted by atomic mass is 35.5. The second-order valence-electron chi connectivity index (χ2n) is 5.21. The van der Waals surface area contributed by atoms with Gasteiger partial charge in [-0.1, -0.05) is 30.7 Å². The van der Waals surface area contributed by atoms with E-state index in [1.807, 2.05) is 31.2 Å². The van der Waals surface area contributed by atoms with Gasteiger partial charge < -0.3 is 9.64 Å². The molecule has 114 valence electrons. The van der Waals surface area contributed by atoms with Crippen molar-refractivity contribution in [1.82, 2.24) is 4.90 Å². The first-order valence-corrected chi connectivity index (χ1v) is 7.60. The van der Waals surface area contributed by atoms with Crippen LogP contribution in [0, 0.1) is 0 Å². The van der Waals surface area contributed by atoms with Crippen LogP contribution in [0.5, 0.6) is 0 Å². The lowest BCUT2D eigenvalue weighted by Gasteiger charge is -2.40. The van der Waals surface area contributed by atoms with Gasteiger partial charge in [-0.15, -0.1) is 0 Å². The number of halogens is 1. The van der Waals surface area contributed by atoms with Crippen molar-refractivity contribution in [3.8, 4) is 0 Å². The van der Waals surface area contributed by atoms with Crippen molar-refractivity contribution in [2.24, 2.45) is 0 Å². The smallest absolute Gasteiger partial charge is 0.328 e. The molecule has 0 aromatic heterocycles. The van der Waals surface area contributed by atoms with Crippen LogP contribution >= 0.6 is 11.6 Å². The van der Waals surface area contributed by atoms with Gasteiger partial charge in [-0.25, -0.2) is 4.79 Å². The fraction of sp³-hybridized carbons (Fsp3) is 0.500. The Bertz CT molecular complexity index is 515. The number of piperidine rings is 1. The first-order chi connectivity index (χ1) is 10.1. The molecule has 1 amide bonds. The van der Waals surface area contributed by atoms with Gasteiger partial charge in [0.25, 0.3) is 0 Å². The Kier molecular flexibility index (Phi) is 5.23. The Labute approximate surface area is 130 Å². The van der Waals surface area contributed by atoms with Crippen molar-refractivity contribution in [3.05, 3.63) is 34.9 Å². The Balaban J connectivity index is 2.34. The number of amides is 1. The topological polar surface area (TPSA) is 46.6 Å². The van der Waals surface area contributed by atoms with Crippen LogP contribution in [0.3, 0.4) is 0 Å². The zero-order valence-electron chi connectivity index (χ0n) is 12.3. The molecule has 1 aromatic carbocycles. The molecule has 0 spiro atoms. The van der Waals surface area contributed by atoms with Gasteiger partial charge in [-0.3, -0.25) is 4.79 Å². The van der Waals surface area contributed by atoms with E-state index >= 15 is 0 Å². The molecule has 0 radical (unpaired) electrons. The number of ether oxygens (including phenoxy) is 1. The summed E-state index contributed by atoms with van der Waals surface area (Å²) in [7, 11) is 1.36. The normalized spacial score (nSPS) is 20.2. The molecule has 21 heavy (non-hydrogen) atoms. The van der Waals surface area contributed by atoms with Crippen molar-refractivity contribution < 1.29 is 14.3 Å². The van der Waals surface area contributed by atoms with E-state index in [9.17, 15) is 9.59 Å². The van der Waals surface area contributed by atoms with E-state index in [1.54, 1.807) is 4.90 Å². The number of likely N-dealkylation sites (tertiary alicyclic amines) is 1. The van der Waals surface area contributed by atoms with E-state index < -0.39 is 6.04 Å². The maximum atomic E-state index is 12.4. The van der Waals surface area contributed by atoms with Gasteiger partial charge in [0.05, 0.1) is 13.2 Å². The molecule has 1 heterocycles. The van der Waals surface area contributed by atoms with Gasteiger partial charge >= 0.3 is 5.97 Å². The maximum Gasteiger partial charge on any atom is 0.328 e. The average molecular weight is 310 g/mol. The minimum atomic E-state index is -0.525. The molecule has 0 bridgehead atoms. The molecule has 1 saturated heterocycles. The molecule has 1 unspecified atom stereocenters. The molecule has 1 aliphatic rings. The van der Waals surface area contributed by atoms with E-state index in [1.165, 1.54) is 7.11 Å². The summed E-state index contributed by atoms with van der Waals surface area (Å²) >= 11 is 5.92. The molecule has 5 heteroatoms. The first-order valence-electron chi connectivity index (χ1n) is 7.23. The number of carbonyl (C=O) groups is 2. The zero-order valence-corrected chi connectivity index (χ0v) is 13.1. The highest BCUT2D eigenvalue weighted by Crippen LogP contribution is 2.34. The number of nitrogens with zero attached hydrogens (tertiary/aromatic N) is 1. The van der Waals surface area contributed by atoms with Gasteiger partial charge in [0.15, 0.2) is 0 Å². The van der Waals surface area contributed by atoms with Crippen molar-refractivity contribution in [1.29, 1.82) is 0 Å². The highest BCUT2D eigenvalue weighted by Gasteiger charge is 2.37. The SMILES string of the molecule is CC[C@@H](C(=O)OC)N1C(=O)CCCC1c1ccc(Cl)cc1. The van der Waals surface area contributed by atoms with E-state index in [0.29, 0.717) is 17.9 Å². The number of benzene rings is 1. The molecule has 4 nitrogen and oxygen atoms in total. The molecule has 2 atom stereocenters. The number of hydrogen-bond donors (Lipinski definition) is 0. The predicted octanol–water partition coefficient (Wildman–Crippen LogP) is 3.35. The standard InChI is InChI=1S/C16H20ClNO3/c1-3-13(16(20)21-2)18-14(5-4-6-15(18)19)11-7-9-12(17)10-8-11/h7-10,13-14H,3-6H2,1-2H3/t13-,14?/m0/s1. The Hall–Kier alpha value is -1.55. The predicted molar refractivity (Wildman–Crippen MR) is 81.0 cm³/mol. The summed E-state index contributed by atoms with van der Waals surface area (Å²) in [4.78, 5) is 26.0. The van der Waals surface area contributed by atoms with E-state index in [2.05, 4.69) is 0 Å². The second kappa shape index (κ2) is 6.94. The lowest BCUT2D eigenvalue weighted by molar-refractivity contribution is -0.157. The van der Waals surface area contributed by atoms with Gasteiger partial charge in [0.2, 0.25) is 5.91 Å². The van der Waals surface area contributed by atoms with Crippen LogP contribution in [0.2, 0.25) is 5.02 Å². The monoisotopic (exact) mass is 309 g/mol. The summed E-state index contributed by atoms with van der Waals surface area (Å²) in [6.07, 6.45) is 2.71. The molecule has 1 fully saturated rings. The zero-order chi connectivity index (χ0) is 15.4. The van der Waals surface area contributed by atoms with Crippen molar-refractivity contribution in [2.75, 3.05) is 7.11 Å². The van der Waals surface area contributed by atoms with Crippen LogP contribution in [0.1, 0.15) is 44.2 Å². The van der Waals surface area contributed by atoms with Crippen molar-refractivity contribution in [2.45, 2.75) is 44.7 Å². The van der Waals surface area contributed by atoms with Gasteiger partial charge in [-0.05, 0) is 37.0 Å². The Morgan fingerprint density at radius 3 is 2.67 bits per heavy atom. The summed E-state index contributed by atoms with van der Waals surface area (Å²) in [5.41, 5.74) is 1.01. The number of carbonyl (C=O) groups excluding carboxylic acids is 2. The lowest BCUT2D eigenvalue weighted by atomic mass is 9.92. The third kappa shape index (κ3) is 3.38. The molecule has 1 aliphatic heterocycles. The van der Waals surface area contributed by atoms with Crippen LogP contribution in [0.15, 0.2) is 24.3 Å². The quantitative estimate of drug-likeness (QED) is 0.801. The summed E-state index contributed by atoms with van der Waals surface area (Å²) in [5, 5.41) is 0.660. The van der Waals surface area contributed by atoms with Crippen molar-refractivity contribution in [3.63, 3.8) is 0 Å². The van der Waals surface area contributed by atoms with Crippen LogP contribution < -0.4 is 0 Å². The molecule has 0 N–H and O–H groups in total. The molecular formula is C16H20ClNO3. The third-order valence-corrected chi connectivity index (χ3v) is 4.19. The largest absolute Gasteiger partial charge is 0.467 e. The van der Waals surface area contributed by atoms with E-state index in [4.69, 9.17) is 16.3 Å². The summed E-state index contributed by atoms with van der Waals surface area (Å²) in [6, 6.07) is 6.85. The van der Waals surface area contributed by atoms with Crippen LogP contribution in [-0.2, 0) is 14.3 Å². The molecule has 2 rings (SSSR count). The maximum absolute atomic E-state index is 12.4. The third-order valence-electron chi connectivity index (χ3n) is 3.94. The van der Waals surface area contributed by atoms with Gasteiger partial charge in [0.1, 0.15) is 6.04 Å². The Morgan fingerprint density at radius 2 is 2.10 bits per heavy atom. The van der Waals surface area contributed by atoms with Crippen LogP contribution in [0.25, 0.3) is 0 Å². The summed E-state index contributed by atoms with van der Waals surface area (Å²) in [5.74, 6) is -0.342.